The zero-order valence-electron chi connectivity index (χ0n) is 8.78. The molecule has 0 fully saturated rings. The van der Waals surface area contributed by atoms with Gasteiger partial charge in [0, 0.05) is 13.1 Å². The van der Waals surface area contributed by atoms with E-state index in [1.165, 1.54) is 16.9 Å². The normalized spacial score (nSPS) is 10.3. The Morgan fingerprint density at radius 3 is 2.69 bits per heavy atom. The van der Waals surface area contributed by atoms with E-state index in [4.69, 9.17) is 5.11 Å². The van der Waals surface area contributed by atoms with Crippen LogP contribution in [0.3, 0.4) is 0 Å². The summed E-state index contributed by atoms with van der Waals surface area (Å²) in [5, 5.41) is 17.7. The molecule has 0 saturated carbocycles. The van der Waals surface area contributed by atoms with E-state index >= 15 is 0 Å². The molecule has 1 heterocycles. The minimum atomic E-state index is 0.117. The van der Waals surface area contributed by atoms with E-state index in [-0.39, 0.29) is 6.61 Å². The molecule has 0 atom stereocenters. The van der Waals surface area contributed by atoms with Gasteiger partial charge >= 0.3 is 0 Å². The number of nitrogens with zero attached hydrogens (tertiary/aromatic N) is 3. The fourth-order valence-corrected chi connectivity index (χ4v) is 2.06. The molecule has 1 N–H and O–H groups in total. The third-order valence-corrected chi connectivity index (χ3v) is 2.96. The highest BCUT2D eigenvalue weighted by atomic mass is 32.1. The van der Waals surface area contributed by atoms with Crippen LogP contribution in [0.4, 0.5) is 5.13 Å². The zero-order valence-corrected chi connectivity index (χ0v) is 9.60. The van der Waals surface area contributed by atoms with Crippen LogP contribution in [0.15, 0.2) is 35.8 Å². The highest BCUT2D eigenvalue weighted by Gasteiger charge is 2.09. The Bertz CT molecular complexity index is 404. The third-order valence-electron chi connectivity index (χ3n) is 2.21. The molecule has 1 aromatic carbocycles. The first-order valence-corrected chi connectivity index (χ1v) is 5.94. The third kappa shape index (κ3) is 2.77. The Labute approximate surface area is 98.2 Å². The topological polar surface area (TPSA) is 49.2 Å². The maximum absolute atomic E-state index is 9.03. The SMILES string of the molecule is OCCN(Cc1ccccc1)c1nncs1. The monoisotopic (exact) mass is 235 g/mol. The van der Waals surface area contributed by atoms with Gasteiger partial charge in [-0.2, -0.15) is 0 Å². The molecule has 0 amide bonds. The van der Waals surface area contributed by atoms with Gasteiger partial charge in [-0.05, 0) is 5.56 Å². The molecule has 0 aliphatic carbocycles. The van der Waals surface area contributed by atoms with Crippen molar-refractivity contribution in [2.45, 2.75) is 6.54 Å². The Kier molecular flexibility index (Phi) is 3.85. The highest BCUT2D eigenvalue weighted by Crippen LogP contribution is 2.17. The maximum Gasteiger partial charge on any atom is 0.208 e. The second kappa shape index (κ2) is 5.58. The molecule has 0 unspecified atom stereocenters. The van der Waals surface area contributed by atoms with Crippen LogP contribution >= 0.6 is 11.3 Å². The van der Waals surface area contributed by atoms with Crippen LogP contribution in [0.25, 0.3) is 0 Å². The molecule has 0 spiro atoms. The second-order valence-electron chi connectivity index (χ2n) is 3.35. The van der Waals surface area contributed by atoms with Crippen LogP contribution in [-0.2, 0) is 6.54 Å². The van der Waals surface area contributed by atoms with Crippen LogP contribution in [0.2, 0.25) is 0 Å². The van der Waals surface area contributed by atoms with E-state index in [0.717, 1.165) is 11.7 Å². The Morgan fingerprint density at radius 2 is 2.06 bits per heavy atom. The Hall–Kier alpha value is -1.46. The minimum absolute atomic E-state index is 0.117. The molecule has 0 aliphatic heterocycles. The molecule has 2 aromatic rings. The van der Waals surface area contributed by atoms with Gasteiger partial charge in [0.25, 0.3) is 0 Å². The average molecular weight is 235 g/mol. The second-order valence-corrected chi connectivity index (χ2v) is 4.16. The van der Waals surface area contributed by atoms with E-state index in [2.05, 4.69) is 22.3 Å². The molecular formula is C11H13N3OS. The van der Waals surface area contributed by atoms with Gasteiger partial charge in [-0.1, -0.05) is 41.7 Å². The van der Waals surface area contributed by atoms with Crippen molar-refractivity contribution < 1.29 is 5.11 Å². The summed E-state index contributed by atoms with van der Waals surface area (Å²) in [5.41, 5.74) is 2.90. The molecule has 0 radical (unpaired) electrons. The van der Waals surface area contributed by atoms with Crippen molar-refractivity contribution in [2.75, 3.05) is 18.1 Å². The Morgan fingerprint density at radius 1 is 1.25 bits per heavy atom. The molecule has 0 saturated heterocycles. The van der Waals surface area contributed by atoms with E-state index in [1.807, 2.05) is 23.1 Å². The average Bonchev–Trinajstić information content (AvgIpc) is 2.83. The van der Waals surface area contributed by atoms with Gasteiger partial charge in [0.15, 0.2) is 0 Å². The number of hydrogen-bond donors (Lipinski definition) is 1. The van der Waals surface area contributed by atoms with E-state index in [0.29, 0.717) is 6.54 Å². The van der Waals surface area contributed by atoms with Gasteiger partial charge in [0.1, 0.15) is 5.51 Å². The molecule has 16 heavy (non-hydrogen) atoms. The fourth-order valence-electron chi connectivity index (χ4n) is 1.47. The summed E-state index contributed by atoms with van der Waals surface area (Å²) in [4.78, 5) is 2.02. The van der Waals surface area contributed by atoms with Crippen molar-refractivity contribution in [2.24, 2.45) is 0 Å². The first-order valence-electron chi connectivity index (χ1n) is 5.06. The van der Waals surface area contributed by atoms with E-state index < -0.39 is 0 Å². The summed E-state index contributed by atoms with van der Waals surface area (Å²) < 4.78 is 0. The predicted molar refractivity (Wildman–Crippen MR) is 64.5 cm³/mol. The number of hydrogen-bond acceptors (Lipinski definition) is 5. The smallest absolute Gasteiger partial charge is 0.208 e. The summed E-state index contributed by atoms with van der Waals surface area (Å²) in [7, 11) is 0. The largest absolute Gasteiger partial charge is 0.395 e. The van der Waals surface area contributed by atoms with Crippen LogP contribution < -0.4 is 4.90 Å². The van der Waals surface area contributed by atoms with Crippen molar-refractivity contribution in [1.82, 2.24) is 10.2 Å². The molecule has 5 heteroatoms. The van der Waals surface area contributed by atoms with Crippen molar-refractivity contribution in [1.29, 1.82) is 0 Å². The lowest BCUT2D eigenvalue weighted by Gasteiger charge is -2.19. The lowest BCUT2D eigenvalue weighted by molar-refractivity contribution is 0.301. The maximum atomic E-state index is 9.03. The van der Waals surface area contributed by atoms with Crippen molar-refractivity contribution in [3.8, 4) is 0 Å². The van der Waals surface area contributed by atoms with Crippen LogP contribution in [0.1, 0.15) is 5.56 Å². The quantitative estimate of drug-likeness (QED) is 0.854. The molecule has 1 aromatic heterocycles. The summed E-state index contributed by atoms with van der Waals surface area (Å²) in [5.74, 6) is 0. The van der Waals surface area contributed by atoms with Crippen LogP contribution in [0.5, 0.6) is 0 Å². The van der Waals surface area contributed by atoms with Gasteiger partial charge in [-0.25, -0.2) is 0 Å². The molecule has 4 nitrogen and oxygen atoms in total. The van der Waals surface area contributed by atoms with Crippen LogP contribution in [-0.4, -0.2) is 28.5 Å². The fraction of sp³-hybridized carbons (Fsp3) is 0.273. The minimum Gasteiger partial charge on any atom is -0.395 e. The molecule has 0 aliphatic rings. The van der Waals surface area contributed by atoms with E-state index in [1.54, 1.807) is 5.51 Å². The highest BCUT2D eigenvalue weighted by molar-refractivity contribution is 7.13. The summed E-state index contributed by atoms with van der Waals surface area (Å²) in [6.07, 6.45) is 0. The van der Waals surface area contributed by atoms with Crippen molar-refractivity contribution in [3.05, 3.63) is 41.4 Å². The standard InChI is InChI=1S/C11H13N3OS/c15-7-6-14(11-13-12-9-16-11)8-10-4-2-1-3-5-10/h1-5,9,15H,6-8H2. The lowest BCUT2D eigenvalue weighted by Crippen LogP contribution is -2.25. The molecule has 84 valence electrons. The van der Waals surface area contributed by atoms with Gasteiger partial charge in [0.05, 0.1) is 6.61 Å². The zero-order chi connectivity index (χ0) is 11.2. The van der Waals surface area contributed by atoms with Gasteiger partial charge in [-0.15, -0.1) is 10.2 Å². The van der Waals surface area contributed by atoms with Gasteiger partial charge < -0.3 is 10.0 Å². The number of aliphatic hydroxyl groups excluding tert-OH is 1. The number of rotatable bonds is 5. The molecule has 2 rings (SSSR count). The molecular weight excluding hydrogens is 222 g/mol. The van der Waals surface area contributed by atoms with Gasteiger partial charge in [-0.3, -0.25) is 0 Å². The van der Waals surface area contributed by atoms with E-state index in [9.17, 15) is 0 Å². The Balaban J connectivity index is 2.09. The first kappa shape index (κ1) is 11.0. The number of anilines is 1. The number of aliphatic hydroxyl groups is 1. The van der Waals surface area contributed by atoms with Crippen molar-refractivity contribution >= 4 is 16.5 Å². The lowest BCUT2D eigenvalue weighted by atomic mass is 10.2. The summed E-state index contributed by atoms with van der Waals surface area (Å²) in [6.45, 7) is 1.44. The first-order chi connectivity index (χ1) is 7.90. The van der Waals surface area contributed by atoms with Crippen LogP contribution in [0, 0.1) is 0 Å². The summed E-state index contributed by atoms with van der Waals surface area (Å²) >= 11 is 1.48. The number of benzene rings is 1. The number of aromatic nitrogens is 2. The predicted octanol–water partition coefficient (Wildman–Crippen LogP) is 1.54. The van der Waals surface area contributed by atoms with Gasteiger partial charge in [0.2, 0.25) is 5.13 Å². The summed E-state index contributed by atoms with van der Waals surface area (Å²) in [6, 6.07) is 10.1. The van der Waals surface area contributed by atoms with Crippen molar-refractivity contribution in [3.63, 3.8) is 0 Å². The molecule has 0 bridgehead atoms.